The lowest BCUT2D eigenvalue weighted by atomic mass is 10.1. The first-order chi connectivity index (χ1) is 7.10. The molecule has 0 spiro atoms. The van der Waals surface area contributed by atoms with E-state index in [0.717, 1.165) is 0 Å². The molecule has 15 heavy (non-hydrogen) atoms. The number of pyridine rings is 1. The minimum absolute atomic E-state index is 0.0197. The molecule has 1 heterocycles. The zero-order valence-corrected chi connectivity index (χ0v) is 9.83. The topological polar surface area (TPSA) is 62.7 Å². The van der Waals surface area contributed by atoms with Crippen LogP contribution in [0.15, 0.2) is 6.07 Å². The van der Waals surface area contributed by atoms with Crippen molar-refractivity contribution in [3.8, 4) is 6.07 Å². The van der Waals surface area contributed by atoms with Crippen LogP contribution in [0.4, 0.5) is 8.78 Å². The normalized spacial score (nSPS) is 10.4. The molecule has 1 aromatic rings. The van der Waals surface area contributed by atoms with Gasteiger partial charge in [0.25, 0.3) is 6.43 Å². The fourth-order valence-electron chi connectivity index (χ4n) is 1.12. The average molecular weight is 323 g/mol. The largest absolute Gasteiger partial charge is 0.326 e. The Bertz CT molecular complexity index is 401. The SMILES string of the molecule is N#CCc1nc(C(F)F)cc(CN)c1I. The van der Waals surface area contributed by atoms with E-state index in [1.807, 2.05) is 28.7 Å². The first kappa shape index (κ1) is 12.3. The highest BCUT2D eigenvalue weighted by Crippen LogP contribution is 2.23. The van der Waals surface area contributed by atoms with Gasteiger partial charge >= 0.3 is 0 Å². The Kier molecular flexibility index (Phi) is 4.35. The molecule has 0 atom stereocenters. The van der Waals surface area contributed by atoms with Gasteiger partial charge in [0.05, 0.1) is 18.2 Å². The number of aromatic nitrogens is 1. The summed E-state index contributed by atoms with van der Waals surface area (Å²) < 4.78 is 25.6. The predicted octanol–water partition coefficient (Wildman–Crippen LogP) is 2.15. The fourth-order valence-corrected chi connectivity index (χ4v) is 1.80. The zero-order chi connectivity index (χ0) is 11.4. The van der Waals surface area contributed by atoms with Crippen molar-refractivity contribution in [2.45, 2.75) is 19.4 Å². The third-order valence-corrected chi connectivity index (χ3v) is 3.13. The molecule has 0 fully saturated rings. The van der Waals surface area contributed by atoms with Gasteiger partial charge in [-0.1, -0.05) is 0 Å². The van der Waals surface area contributed by atoms with Gasteiger partial charge < -0.3 is 5.73 Å². The van der Waals surface area contributed by atoms with Crippen LogP contribution in [0.25, 0.3) is 0 Å². The summed E-state index contributed by atoms with van der Waals surface area (Å²) in [5.41, 5.74) is 6.08. The second-order valence-corrected chi connectivity index (χ2v) is 3.89. The number of hydrogen-bond acceptors (Lipinski definition) is 3. The maximum absolute atomic E-state index is 12.4. The number of nitrogens with two attached hydrogens (primary N) is 1. The molecule has 0 aliphatic carbocycles. The minimum atomic E-state index is -2.63. The van der Waals surface area contributed by atoms with E-state index in [1.54, 1.807) is 0 Å². The van der Waals surface area contributed by atoms with E-state index in [0.29, 0.717) is 14.8 Å². The quantitative estimate of drug-likeness (QED) is 0.867. The molecule has 0 aliphatic rings. The summed E-state index contributed by atoms with van der Waals surface area (Å²) in [6.45, 7) is 0.166. The number of nitriles is 1. The van der Waals surface area contributed by atoms with E-state index in [1.165, 1.54) is 6.07 Å². The smallest absolute Gasteiger partial charge is 0.280 e. The molecule has 0 saturated heterocycles. The number of halogens is 3. The molecule has 0 amide bonds. The van der Waals surface area contributed by atoms with Crippen molar-refractivity contribution < 1.29 is 8.78 Å². The summed E-state index contributed by atoms with van der Waals surface area (Å²) in [6, 6.07) is 3.17. The standard InChI is InChI=1S/C9H8F2IN3/c10-9(11)7-3-5(4-14)8(12)6(15-7)1-2-13/h3,9H,1,4,14H2. The number of nitrogens with zero attached hydrogens (tertiary/aromatic N) is 2. The molecule has 0 radical (unpaired) electrons. The van der Waals surface area contributed by atoms with Gasteiger partial charge in [-0.15, -0.1) is 0 Å². The van der Waals surface area contributed by atoms with E-state index in [2.05, 4.69) is 4.98 Å². The first-order valence-electron chi connectivity index (χ1n) is 4.13. The Morgan fingerprint density at radius 3 is 2.73 bits per heavy atom. The summed E-state index contributed by atoms with van der Waals surface area (Å²) in [4.78, 5) is 3.73. The van der Waals surface area contributed by atoms with Crippen LogP contribution in [0.3, 0.4) is 0 Å². The lowest BCUT2D eigenvalue weighted by Crippen LogP contribution is -2.07. The van der Waals surface area contributed by atoms with Crippen LogP contribution in [0, 0.1) is 14.9 Å². The van der Waals surface area contributed by atoms with E-state index < -0.39 is 6.43 Å². The van der Waals surface area contributed by atoms with Crippen LogP contribution >= 0.6 is 22.6 Å². The summed E-state index contributed by atoms with van der Waals surface area (Å²) in [6.07, 6.45) is -2.61. The van der Waals surface area contributed by atoms with E-state index in [-0.39, 0.29) is 18.7 Å². The summed E-state index contributed by atoms with van der Waals surface area (Å²) in [5, 5.41) is 8.53. The molecular weight excluding hydrogens is 315 g/mol. The van der Waals surface area contributed by atoms with Crippen LogP contribution < -0.4 is 5.73 Å². The summed E-state index contributed by atoms with van der Waals surface area (Å²) >= 11 is 1.97. The van der Waals surface area contributed by atoms with Gasteiger partial charge in [-0.2, -0.15) is 5.26 Å². The maximum atomic E-state index is 12.4. The number of alkyl halides is 2. The van der Waals surface area contributed by atoms with Gasteiger partial charge in [0.15, 0.2) is 0 Å². The molecule has 6 heteroatoms. The Hall–Kier alpha value is -0.810. The zero-order valence-electron chi connectivity index (χ0n) is 7.67. The van der Waals surface area contributed by atoms with E-state index in [9.17, 15) is 8.78 Å². The molecule has 1 aromatic heterocycles. The highest BCUT2D eigenvalue weighted by molar-refractivity contribution is 14.1. The van der Waals surface area contributed by atoms with Gasteiger partial charge in [0, 0.05) is 10.1 Å². The van der Waals surface area contributed by atoms with Crippen molar-refractivity contribution in [2.75, 3.05) is 0 Å². The van der Waals surface area contributed by atoms with Crippen LogP contribution in [-0.2, 0) is 13.0 Å². The Balaban J connectivity index is 3.26. The molecule has 0 unspecified atom stereocenters. The Morgan fingerprint density at radius 2 is 2.27 bits per heavy atom. The van der Waals surface area contributed by atoms with Crippen LogP contribution in [0.2, 0.25) is 0 Å². The molecule has 80 valence electrons. The lowest BCUT2D eigenvalue weighted by Gasteiger charge is -2.08. The fraction of sp³-hybridized carbons (Fsp3) is 0.333. The van der Waals surface area contributed by atoms with Crippen LogP contribution in [0.1, 0.15) is 23.4 Å². The number of rotatable bonds is 3. The van der Waals surface area contributed by atoms with Crippen molar-refractivity contribution >= 4 is 22.6 Å². The maximum Gasteiger partial charge on any atom is 0.280 e. The molecule has 1 rings (SSSR count). The van der Waals surface area contributed by atoms with Gasteiger partial charge in [0.1, 0.15) is 5.69 Å². The highest BCUT2D eigenvalue weighted by atomic mass is 127. The number of hydrogen-bond donors (Lipinski definition) is 1. The van der Waals surface area contributed by atoms with Crippen LogP contribution in [-0.4, -0.2) is 4.98 Å². The van der Waals surface area contributed by atoms with Crippen molar-refractivity contribution in [1.82, 2.24) is 4.98 Å². The van der Waals surface area contributed by atoms with Gasteiger partial charge in [0.2, 0.25) is 0 Å². The van der Waals surface area contributed by atoms with Crippen molar-refractivity contribution in [2.24, 2.45) is 5.73 Å². The third-order valence-electron chi connectivity index (χ3n) is 1.81. The summed E-state index contributed by atoms with van der Waals surface area (Å²) in [7, 11) is 0. The average Bonchev–Trinajstić information content (AvgIpc) is 2.21. The van der Waals surface area contributed by atoms with Gasteiger partial charge in [-0.05, 0) is 34.2 Å². The van der Waals surface area contributed by atoms with Crippen molar-refractivity contribution in [3.05, 3.63) is 26.6 Å². The molecule has 0 bridgehead atoms. The third kappa shape index (κ3) is 2.82. The molecule has 0 saturated carbocycles. The van der Waals surface area contributed by atoms with Gasteiger partial charge in [-0.25, -0.2) is 13.8 Å². The Labute approximate surface area is 99.4 Å². The predicted molar refractivity (Wildman–Crippen MR) is 59.1 cm³/mol. The second-order valence-electron chi connectivity index (χ2n) is 2.81. The van der Waals surface area contributed by atoms with Crippen molar-refractivity contribution in [3.63, 3.8) is 0 Å². The molecule has 3 nitrogen and oxygen atoms in total. The van der Waals surface area contributed by atoms with Gasteiger partial charge in [-0.3, -0.25) is 0 Å². The first-order valence-corrected chi connectivity index (χ1v) is 5.21. The van der Waals surface area contributed by atoms with Crippen LogP contribution in [0.5, 0.6) is 0 Å². The monoisotopic (exact) mass is 323 g/mol. The lowest BCUT2D eigenvalue weighted by molar-refractivity contribution is 0.145. The van der Waals surface area contributed by atoms with E-state index >= 15 is 0 Å². The van der Waals surface area contributed by atoms with E-state index in [4.69, 9.17) is 11.0 Å². The Morgan fingerprint density at radius 1 is 1.60 bits per heavy atom. The second kappa shape index (κ2) is 5.32. The molecule has 0 aliphatic heterocycles. The molecular formula is C9H8F2IN3. The molecule has 0 aromatic carbocycles. The minimum Gasteiger partial charge on any atom is -0.326 e. The summed E-state index contributed by atoms with van der Waals surface area (Å²) in [5.74, 6) is 0. The highest BCUT2D eigenvalue weighted by Gasteiger charge is 2.15. The molecule has 2 N–H and O–H groups in total. The van der Waals surface area contributed by atoms with Crippen molar-refractivity contribution in [1.29, 1.82) is 5.26 Å².